The van der Waals surface area contributed by atoms with Crippen molar-refractivity contribution in [2.24, 2.45) is 23.7 Å². The number of ether oxygens (including phenoxy) is 1. The van der Waals surface area contributed by atoms with Crippen LogP contribution in [0.2, 0.25) is 0 Å². The van der Waals surface area contributed by atoms with E-state index in [4.69, 9.17) is 4.74 Å². The van der Waals surface area contributed by atoms with Crippen LogP contribution in [0, 0.1) is 23.7 Å². The third kappa shape index (κ3) is 25.3. The molecule has 0 rings (SSSR count). The van der Waals surface area contributed by atoms with Crippen LogP contribution in [0.15, 0.2) is 108 Å². The van der Waals surface area contributed by atoms with E-state index in [1.165, 1.54) is 16.7 Å². The fourth-order valence-electron chi connectivity index (χ4n) is 4.12. The molecule has 0 saturated heterocycles. The summed E-state index contributed by atoms with van der Waals surface area (Å²) in [7, 11) is 1.77. The van der Waals surface area contributed by atoms with Crippen molar-refractivity contribution in [3.8, 4) is 0 Å². The minimum absolute atomic E-state index is 0.0896. The van der Waals surface area contributed by atoms with E-state index >= 15 is 0 Å². The molecule has 4 atom stereocenters. The van der Waals surface area contributed by atoms with E-state index in [2.05, 4.69) is 160 Å². The van der Waals surface area contributed by atoms with Gasteiger partial charge in [0.25, 0.3) is 0 Å². The Kier molecular flexibility index (Phi) is 22.7. The quantitative estimate of drug-likeness (QED) is 0.0978. The standard InChI is InChI=1S/C41H66O/c1-34(2)20-14-23-37(5)26-17-29-38(6)27-15-24-35(3)21-12-13-22-36(4)25-16-28-39(7)30-18-31-40(8)32-19-33-41(9,10)42-11/h12-13,15-20,24-26,28-29,31-32,35-36,38,40H,14,21-23,27,30,33H2,1-11H3/b13-12+,24-15+,25-16+,29-17+,31-18+,32-19+,37-26+,39-28+. The Morgan fingerprint density at radius 2 is 1.17 bits per heavy atom. The molecule has 0 N–H and O–H groups in total. The van der Waals surface area contributed by atoms with Crippen molar-refractivity contribution in [3.05, 3.63) is 108 Å². The van der Waals surface area contributed by atoms with Gasteiger partial charge in [0.05, 0.1) is 5.60 Å². The summed E-state index contributed by atoms with van der Waals surface area (Å²) in [5.41, 5.74) is 4.15. The van der Waals surface area contributed by atoms with Crippen LogP contribution in [0.3, 0.4) is 0 Å². The van der Waals surface area contributed by atoms with Crippen molar-refractivity contribution >= 4 is 0 Å². The topological polar surface area (TPSA) is 9.23 Å². The van der Waals surface area contributed by atoms with Crippen LogP contribution >= 0.6 is 0 Å². The molecular formula is C41H66O. The van der Waals surface area contributed by atoms with E-state index in [1.807, 2.05) is 0 Å². The summed E-state index contributed by atoms with van der Waals surface area (Å²) >= 11 is 0. The van der Waals surface area contributed by atoms with Gasteiger partial charge in [-0.3, -0.25) is 0 Å². The highest BCUT2D eigenvalue weighted by molar-refractivity contribution is 5.15. The fraction of sp³-hybridized carbons (Fsp3) is 0.561. The Morgan fingerprint density at radius 3 is 1.74 bits per heavy atom. The molecule has 0 aromatic heterocycles. The molecule has 0 saturated carbocycles. The summed E-state index contributed by atoms with van der Waals surface area (Å²) in [4.78, 5) is 0. The first-order chi connectivity index (χ1) is 19.8. The summed E-state index contributed by atoms with van der Waals surface area (Å²) < 4.78 is 5.47. The average Bonchev–Trinajstić information content (AvgIpc) is 2.91. The van der Waals surface area contributed by atoms with Crippen molar-refractivity contribution in [2.45, 2.75) is 120 Å². The SMILES string of the molecule is COC(C)(C)C/C=C/C(C)/C=C/C/C(C)=C/C=C/C(C)C/C=C/CC(C)/C=C/CC(C)/C=C/C=C(\C)CCC=C(C)C. The summed E-state index contributed by atoms with van der Waals surface area (Å²) in [5, 5.41) is 0. The number of hydrogen-bond donors (Lipinski definition) is 0. The highest BCUT2D eigenvalue weighted by atomic mass is 16.5. The number of rotatable bonds is 21. The molecule has 1 nitrogen and oxygen atoms in total. The number of hydrogen-bond acceptors (Lipinski definition) is 1. The lowest BCUT2D eigenvalue weighted by atomic mass is 10.0. The van der Waals surface area contributed by atoms with Gasteiger partial charge in [0.1, 0.15) is 0 Å². The van der Waals surface area contributed by atoms with Gasteiger partial charge in [-0.25, -0.2) is 0 Å². The molecule has 0 aromatic rings. The third-order valence-corrected chi connectivity index (χ3v) is 7.37. The van der Waals surface area contributed by atoms with E-state index in [0.29, 0.717) is 23.7 Å². The van der Waals surface area contributed by atoms with E-state index in [0.717, 1.165) is 44.9 Å². The maximum atomic E-state index is 5.47. The van der Waals surface area contributed by atoms with Gasteiger partial charge >= 0.3 is 0 Å². The van der Waals surface area contributed by atoms with E-state index < -0.39 is 0 Å². The summed E-state index contributed by atoms with van der Waals surface area (Å²) in [6.07, 6.45) is 41.9. The smallest absolute Gasteiger partial charge is 0.0657 e. The second-order valence-corrected chi connectivity index (χ2v) is 13.2. The van der Waals surface area contributed by atoms with Crippen LogP contribution in [-0.2, 0) is 4.74 Å². The zero-order valence-corrected chi connectivity index (χ0v) is 29.3. The molecule has 1 heteroatoms. The Morgan fingerprint density at radius 1 is 0.643 bits per heavy atom. The monoisotopic (exact) mass is 575 g/mol. The number of methoxy groups -OCH3 is 1. The molecule has 236 valence electrons. The van der Waals surface area contributed by atoms with Gasteiger partial charge in [0.2, 0.25) is 0 Å². The molecule has 0 bridgehead atoms. The number of allylic oxidation sites excluding steroid dienone is 17. The highest BCUT2D eigenvalue weighted by Gasteiger charge is 2.13. The molecule has 0 radical (unpaired) electrons. The predicted octanol–water partition coefficient (Wildman–Crippen LogP) is 12.9. The summed E-state index contributed by atoms with van der Waals surface area (Å²) in [5.74, 6) is 2.13. The molecule has 0 aromatic carbocycles. The van der Waals surface area contributed by atoms with E-state index in [-0.39, 0.29) is 5.60 Å². The molecule has 0 aliphatic heterocycles. The van der Waals surface area contributed by atoms with Crippen molar-refractivity contribution in [1.82, 2.24) is 0 Å². The Bertz CT molecular complexity index is 968. The van der Waals surface area contributed by atoms with Crippen LogP contribution < -0.4 is 0 Å². The lowest BCUT2D eigenvalue weighted by molar-refractivity contribution is 0.0254. The molecule has 0 amide bonds. The zero-order chi connectivity index (χ0) is 31.8. The van der Waals surface area contributed by atoms with Gasteiger partial charge in [0.15, 0.2) is 0 Å². The zero-order valence-electron chi connectivity index (χ0n) is 29.3. The van der Waals surface area contributed by atoms with Gasteiger partial charge in [-0.2, -0.15) is 0 Å². The van der Waals surface area contributed by atoms with Gasteiger partial charge in [-0.15, -0.1) is 0 Å². The second kappa shape index (κ2) is 24.1. The molecule has 0 heterocycles. The van der Waals surface area contributed by atoms with Gasteiger partial charge in [0, 0.05) is 7.11 Å². The minimum atomic E-state index is -0.0896. The highest BCUT2D eigenvalue weighted by Crippen LogP contribution is 2.15. The second-order valence-electron chi connectivity index (χ2n) is 13.2. The Labute approximate surface area is 262 Å². The summed E-state index contributed by atoms with van der Waals surface area (Å²) in [6, 6.07) is 0. The normalized spacial score (nSPS) is 17.0. The third-order valence-electron chi connectivity index (χ3n) is 7.37. The molecular weight excluding hydrogens is 508 g/mol. The Balaban J connectivity index is 4.30. The minimum Gasteiger partial charge on any atom is -0.378 e. The van der Waals surface area contributed by atoms with Crippen molar-refractivity contribution < 1.29 is 4.74 Å². The van der Waals surface area contributed by atoms with Crippen molar-refractivity contribution in [1.29, 1.82) is 0 Å². The van der Waals surface area contributed by atoms with Crippen molar-refractivity contribution in [3.63, 3.8) is 0 Å². The predicted molar refractivity (Wildman–Crippen MR) is 192 cm³/mol. The van der Waals surface area contributed by atoms with Crippen molar-refractivity contribution in [2.75, 3.05) is 7.11 Å². The van der Waals surface area contributed by atoms with Crippen LogP contribution in [0.5, 0.6) is 0 Å². The molecule has 0 aliphatic rings. The molecule has 42 heavy (non-hydrogen) atoms. The first-order valence-electron chi connectivity index (χ1n) is 16.4. The van der Waals surface area contributed by atoms with E-state index in [9.17, 15) is 0 Å². The molecule has 0 fully saturated rings. The first-order valence-corrected chi connectivity index (χ1v) is 16.4. The molecule has 0 aliphatic carbocycles. The summed E-state index contributed by atoms with van der Waals surface area (Å²) in [6.45, 7) is 22.1. The van der Waals surface area contributed by atoms with Crippen LogP contribution in [0.4, 0.5) is 0 Å². The largest absolute Gasteiger partial charge is 0.378 e. The van der Waals surface area contributed by atoms with Crippen LogP contribution in [0.25, 0.3) is 0 Å². The average molecular weight is 575 g/mol. The fourth-order valence-corrected chi connectivity index (χ4v) is 4.12. The van der Waals surface area contributed by atoms with Crippen LogP contribution in [-0.4, -0.2) is 12.7 Å². The molecule has 4 unspecified atom stereocenters. The first kappa shape index (κ1) is 39.6. The van der Waals surface area contributed by atoms with Gasteiger partial charge in [-0.1, -0.05) is 136 Å². The lowest BCUT2D eigenvalue weighted by Gasteiger charge is -2.20. The van der Waals surface area contributed by atoms with Crippen LogP contribution in [0.1, 0.15) is 114 Å². The van der Waals surface area contributed by atoms with E-state index in [1.54, 1.807) is 7.11 Å². The maximum absolute atomic E-state index is 5.47. The lowest BCUT2D eigenvalue weighted by Crippen LogP contribution is -2.20. The van der Waals surface area contributed by atoms with Gasteiger partial charge < -0.3 is 4.74 Å². The molecule has 0 spiro atoms. The maximum Gasteiger partial charge on any atom is 0.0657 e. The van der Waals surface area contributed by atoms with Gasteiger partial charge in [-0.05, 0) is 110 Å². The Hall–Kier alpha value is -2.38.